The van der Waals surface area contributed by atoms with E-state index >= 15 is 0 Å². The monoisotopic (exact) mass is 304 g/mol. The molecule has 2 unspecified atom stereocenters. The first-order valence-electron chi connectivity index (χ1n) is 7.28. The number of rotatable bonds is 5. The number of ether oxygens (including phenoxy) is 2. The van der Waals surface area contributed by atoms with Gasteiger partial charge in [-0.1, -0.05) is 6.92 Å². The number of methoxy groups -OCH3 is 1. The molecule has 0 spiro atoms. The highest BCUT2D eigenvalue weighted by Gasteiger charge is 2.30. The van der Waals surface area contributed by atoms with Crippen LogP contribution in [0.5, 0.6) is 11.5 Å². The van der Waals surface area contributed by atoms with Crippen LogP contribution in [-0.4, -0.2) is 18.6 Å². The molecule has 4 nitrogen and oxygen atoms in total. The van der Waals surface area contributed by atoms with Gasteiger partial charge in [-0.05, 0) is 31.2 Å². The number of hydrogen-bond acceptors (Lipinski definition) is 5. The molecule has 2 aromatic rings. The lowest BCUT2D eigenvalue weighted by Crippen LogP contribution is -2.29. The molecule has 1 aliphatic heterocycles. The maximum absolute atomic E-state index is 6.16. The van der Waals surface area contributed by atoms with Crippen LogP contribution in [0.15, 0.2) is 29.9 Å². The molecule has 0 fully saturated rings. The minimum Gasteiger partial charge on any atom is -0.497 e. The van der Waals surface area contributed by atoms with Crippen LogP contribution >= 0.6 is 11.3 Å². The quantitative estimate of drug-likeness (QED) is 0.914. The second-order valence-corrected chi connectivity index (χ2v) is 6.07. The van der Waals surface area contributed by atoms with Crippen LogP contribution < -0.4 is 14.8 Å². The van der Waals surface area contributed by atoms with E-state index in [0.29, 0.717) is 0 Å². The molecule has 0 saturated carbocycles. The van der Waals surface area contributed by atoms with Gasteiger partial charge in [0.15, 0.2) is 0 Å². The molecule has 0 saturated heterocycles. The SMILES string of the molecule is CCCNC1CC(c2cncs2)Oc2ccc(OC)cc21. The second-order valence-electron chi connectivity index (χ2n) is 5.16. The van der Waals surface area contributed by atoms with Crippen LogP contribution in [0, 0.1) is 0 Å². The number of nitrogens with zero attached hydrogens (tertiary/aromatic N) is 1. The minimum absolute atomic E-state index is 0.0766. The highest BCUT2D eigenvalue weighted by atomic mass is 32.1. The van der Waals surface area contributed by atoms with Crippen molar-refractivity contribution >= 4 is 11.3 Å². The third kappa shape index (κ3) is 3.04. The Kier molecular flexibility index (Phi) is 4.41. The summed E-state index contributed by atoms with van der Waals surface area (Å²) in [6.07, 6.45) is 4.01. The molecule has 21 heavy (non-hydrogen) atoms. The number of nitrogens with one attached hydrogen (secondary N) is 1. The fraction of sp³-hybridized carbons (Fsp3) is 0.438. The van der Waals surface area contributed by atoms with Gasteiger partial charge in [0.05, 0.1) is 17.5 Å². The average molecular weight is 304 g/mol. The van der Waals surface area contributed by atoms with Gasteiger partial charge in [-0.15, -0.1) is 11.3 Å². The largest absolute Gasteiger partial charge is 0.497 e. The summed E-state index contributed by atoms with van der Waals surface area (Å²) in [6, 6.07) is 6.31. The van der Waals surface area contributed by atoms with Crippen molar-refractivity contribution in [2.75, 3.05) is 13.7 Å². The van der Waals surface area contributed by atoms with Crippen molar-refractivity contribution in [1.82, 2.24) is 10.3 Å². The van der Waals surface area contributed by atoms with E-state index in [1.165, 1.54) is 10.4 Å². The van der Waals surface area contributed by atoms with E-state index in [0.717, 1.165) is 30.9 Å². The first-order chi connectivity index (χ1) is 10.3. The highest BCUT2D eigenvalue weighted by Crippen LogP contribution is 2.42. The molecule has 1 aromatic heterocycles. The third-order valence-electron chi connectivity index (χ3n) is 3.72. The topological polar surface area (TPSA) is 43.4 Å². The van der Waals surface area contributed by atoms with Crippen LogP contribution in [0.4, 0.5) is 0 Å². The molecule has 0 bridgehead atoms. The molecule has 1 aromatic carbocycles. The van der Waals surface area contributed by atoms with Gasteiger partial charge in [-0.25, -0.2) is 0 Å². The van der Waals surface area contributed by atoms with Crippen LogP contribution in [-0.2, 0) is 0 Å². The number of hydrogen-bond donors (Lipinski definition) is 1. The Morgan fingerprint density at radius 1 is 1.48 bits per heavy atom. The Hall–Kier alpha value is -1.59. The molecule has 5 heteroatoms. The summed E-state index contributed by atoms with van der Waals surface area (Å²) >= 11 is 1.65. The number of aromatic nitrogens is 1. The average Bonchev–Trinajstić information content (AvgIpc) is 3.06. The van der Waals surface area contributed by atoms with E-state index in [-0.39, 0.29) is 12.1 Å². The van der Waals surface area contributed by atoms with Crippen molar-refractivity contribution in [3.8, 4) is 11.5 Å². The Bertz CT molecular complexity index is 586. The minimum atomic E-state index is 0.0766. The molecular formula is C16H20N2O2S. The Labute approximate surface area is 129 Å². The smallest absolute Gasteiger partial charge is 0.136 e. The Morgan fingerprint density at radius 2 is 2.38 bits per heavy atom. The Morgan fingerprint density at radius 3 is 3.10 bits per heavy atom. The van der Waals surface area contributed by atoms with E-state index in [1.807, 2.05) is 23.8 Å². The molecule has 0 aliphatic carbocycles. The zero-order chi connectivity index (χ0) is 14.7. The molecule has 1 N–H and O–H groups in total. The number of thiazole rings is 1. The summed E-state index contributed by atoms with van der Waals surface area (Å²) in [6.45, 7) is 3.18. The zero-order valence-corrected chi connectivity index (χ0v) is 13.2. The van der Waals surface area contributed by atoms with E-state index in [2.05, 4.69) is 23.3 Å². The molecule has 112 valence electrons. The predicted molar refractivity (Wildman–Crippen MR) is 84.1 cm³/mol. The van der Waals surface area contributed by atoms with Crippen LogP contribution in [0.3, 0.4) is 0 Å². The number of benzene rings is 1. The molecule has 2 heterocycles. The maximum atomic E-state index is 6.16. The van der Waals surface area contributed by atoms with Crippen LogP contribution in [0.25, 0.3) is 0 Å². The fourth-order valence-electron chi connectivity index (χ4n) is 2.65. The second kappa shape index (κ2) is 6.45. The lowest BCUT2D eigenvalue weighted by Gasteiger charge is -2.32. The van der Waals surface area contributed by atoms with Gasteiger partial charge in [0.25, 0.3) is 0 Å². The lowest BCUT2D eigenvalue weighted by molar-refractivity contribution is 0.154. The zero-order valence-electron chi connectivity index (χ0n) is 12.3. The van der Waals surface area contributed by atoms with Gasteiger partial charge >= 0.3 is 0 Å². The highest BCUT2D eigenvalue weighted by molar-refractivity contribution is 7.09. The molecule has 3 rings (SSSR count). The standard InChI is InChI=1S/C16H20N2O2S/c1-3-6-18-13-8-15(16-9-17-10-21-16)20-14-5-4-11(19-2)7-12(13)14/h4-5,7,9-10,13,15,18H,3,6,8H2,1-2H3. The molecule has 1 aliphatic rings. The summed E-state index contributed by atoms with van der Waals surface area (Å²) in [5.74, 6) is 1.81. The van der Waals surface area contributed by atoms with Gasteiger partial charge in [0.1, 0.15) is 17.6 Å². The number of fused-ring (bicyclic) bond motifs is 1. The van der Waals surface area contributed by atoms with E-state index in [4.69, 9.17) is 9.47 Å². The molecular weight excluding hydrogens is 284 g/mol. The van der Waals surface area contributed by atoms with E-state index in [1.54, 1.807) is 18.4 Å². The first kappa shape index (κ1) is 14.4. The summed E-state index contributed by atoms with van der Waals surface area (Å²) in [5, 5.41) is 3.62. The van der Waals surface area contributed by atoms with Gasteiger partial charge in [-0.3, -0.25) is 4.98 Å². The van der Waals surface area contributed by atoms with Crippen molar-refractivity contribution in [2.24, 2.45) is 0 Å². The summed E-state index contributed by atoms with van der Waals surface area (Å²) in [7, 11) is 1.69. The first-order valence-corrected chi connectivity index (χ1v) is 8.16. The molecule has 0 radical (unpaired) electrons. The van der Waals surface area contributed by atoms with Crippen molar-refractivity contribution in [3.63, 3.8) is 0 Å². The lowest BCUT2D eigenvalue weighted by atomic mass is 9.95. The van der Waals surface area contributed by atoms with Crippen molar-refractivity contribution in [3.05, 3.63) is 40.3 Å². The Balaban J connectivity index is 1.90. The van der Waals surface area contributed by atoms with E-state index < -0.39 is 0 Å². The van der Waals surface area contributed by atoms with Crippen LogP contribution in [0.1, 0.15) is 42.4 Å². The third-order valence-corrected chi connectivity index (χ3v) is 4.59. The fourth-order valence-corrected chi connectivity index (χ4v) is 3.31. The van der Waals surface area contributed by atoms with Crippen molar-refractivity contribution < 1.29 is 9.47 Å². The van der Waals surface area contributed by atoms with Gasteiger partial charge in [0, 0.05) is 24.2 Å². The molecule has 2 atom stereocenters. The van der Waals surface area contributed by atoms with Gasteiger partial charge in [0.2, 0.25) is 0 Å². The van der Waals surface area contributed by atoms with Crippen LogP contribution in [0.2, 0.25) is 0 Å². The normalized spacial score (nSPS) is 20.7. The summed E-state index contributed by atoms with van der Waals surface area (Å²) in [4.78, 5) is 5.35. The van der Waals surface area contributed by atoms with E-state index in [9.17, 15) is 0 Å². The van der Waals surface area contributed by atoms with Gasteiger partial charge in [-0.2, -0.15) is 0 Å². The van der Waals surface area contributed by atoms with Crippen molar-refractivity contribution in [2.45, 2.75) is 31.9 Å². The molecule has 0 amide bonds. The van der Waals surface area contributed by atoms with Crippen molar-refractivity contribution in [1.29, 1.82) is 0 Å². The maximum Gasteiger partial charge on any atom is 0.136 e. The van der Waals surface area contributed by atoms with Gasteiger partial charge < -0.3 is 14.8 Å². The summed E-state index contributed by atoms with van der Waals surface area (Å²) in [5.41, 5.74) is 3.04. The predicted octanol–water partition coefficient (Wildman–Crippen LogP) is 3.72. The summed E-state index contributed by atoms with van der Waals surface area (Å²) < 4.78 is 11.5.